The lowest BCUT2D eigenvalue weighted by atomic mass is 9.84. The van der Waals surface area contributed by atoms with Gasteiger partial charge in [-0.15, -0.1) is 4.72 Å². The van der Waals surface area contributed by atoms with Gasteiger partial charge in [0.05, 0.1) is 5.54 Å². The van der Waals surface area contributed by atoms with Crippen LogP contribution in [0, 0.1) is 11.7 Å². The minimum Gasteiger partial charge on any atom is -0.598 e. The number of hydrogen-bond donors (Lipinski definition) is 1. The van der Waals surface area contributed by atoms with E-state index >= 15 is 0 Å². The molecule has 0 aromatic heterocycles. The highest BCUT2D eigenvalue weighted by Crippen LogP contribution is 2.33. The second kappa shape index (κ2) is 8.04. The molecule has 1 unspecified atom stereocenters. The molecule has 0 bridgehead atoms. The first-order valence-electron chi connectivity index (χ1n) is 9.09. The Morgan fingerprint density at radius 1 is 1.17 bits per heavy atom. The van der Waals surface area contributed by atoms with Crippen molar-refractivity contribution < 1.29 is 32.8 Å². The molecule has 1 heterocycles. The summed E-state index contributed by atoms with van der Waals surface area (Å²) in [6, 6.07) is 5.73. The molecular weight excluding hydrogens is 401 g/mol. The number of halogens is 1. The summed E-state index contributed by atoms with van der Waals surface area (Å²) in [7, 11) is 0. The number of carbonyl (C=O) groups excluding carboxylic acids is 3. The van der Waals surface area contributed by atoms with Gasteiger partial charge in [0, 0.05) is 37.2 Å². The third kappa shape index (κ3) is 5.34. The first-order valence-corrected chi connectivity index (χ1v) is 10.2. The zero-order chi connectivity index (χ0) is 22.2. The summed E-state index contributed by atoms with van der Waals surface area (Å²) in [4.78, 5) is 37.4. The van der Waals surface area contributed by atoms with Gasteiger partial charge < -0.3 is 14.0 Å². The van der Waals surface area contributed by atoms with Crippen LogP contribution in [0.2, 0.25) is 0 Å². The number of rotatable bonds is 6. The lowest BCUT2D eigenvalue weighted by Gasteiger charge is -2.36. The van der Waals surface area contributed by atoms with E-state index in [4.69, 9.17) is 9.47 Å². The van der Waals surface area contributed by atoms with Crippen molar-refractivity contribution in [1.29, 1.82) is 0 Å². The van der Waals surface area contributed by atoms with E-state index in [1.165, 1.54) is 39.0 Å². The second-order valence-electron chi connectivity index (χ2n) is 8.61. The number of carbonyl (C=O) groups is 3. The maximum Gasteiger partial charge on any atom is 0.331 e. The van der Waals surface area contributed by atoms with E-state index in [0.29, 0.717) is 0 Å². The van der Waals surface area contributed by atoms with E-state index < -0.39 is 63.3 Å². The molecule has 29 heavy (non-hydrogen) atoms. The molecule has 0 saturated carbocycles. The van der Waals surface area contributed by atoms with Gasteiger partial charge in [-0.1, -0.05) is 18.2 Å². The fourth-order valence-electron chi connectivity index (χ4n) is 2.89. The lowest BCUT2D eigenvalue weighted by Crippen LogP contribution is -2.54. The van der Waals surface area contributed by atoms with E-state index in [-0.39, 0.29) is 5.56 Å². The van der Waals surface area contributed by atoms with Crippen LogP contribution < -0.4 is 4.72 Å². The Morgan fingerprint density at radius 2 is 1.69 bits per heavy atom. The molecule has 160 valence electrons. The van der Waals surface area contributed by atoms with Crippen LogP contribution in [0.15, 0.2) is 24.3 Å². The largest absolute Gasteiger partial charge is 0.598 e. The van der Waals surface area contributed by atoms with Crippen molar-refractivity contribution in [3.05, 3.63) is 35.6 Å². The van der Waals surface area contributed by atoms with Crippen molar-refractivity contribution in [2.45, 2.75) is 64.0 Å². The van der Waals surface area contributed by atoms with Gasteiger partial charge in [0.2, 0.25) is 5.92 Å². The zero-order valence-electron chi connectivity index (χ0n) is 17.3. The number of ketones is 1. The van der Waals surface area contributed by atoms with E-state index in [9.17, 15) is 23.3 Å². The number of esters is 2. The third-order valence-corrected chi connectivity index (χ3v) is 6.10. The van der Waals surface area contributed by atoms with Gasteiger partial charge in [0.15, 0.2) is 5.78 Å². The van der Waals surface area contributed by atoms with Gasteiger partial charge in [-0.05, 0) is 33.8 Å². The molecule has 0 amide bonds. The highest BCUT2D eigenvalue weighted by atomic mass is 32.2. The van der Waals surface area contributed by atoms with Crippen LogP contribution in [-0.4, -0.2) is 32.8 Å². The smallest absolute Gasteiger partial charge is 0.331 e. The maximum absolute atomic E-state index is 14.5. The fraction of sp³-hybridized carbons (Fsp3) is 0.550. The highest BCUT2D eigenvalue weighted by Gasteiger charge is 2.50. The Hall–Kier alpha value is -1.97. The molecule has 1 aliphatic heterocycles. The van der Waals surface area contributed by atoms with Gasteiger partial charge in [0.1, 0.15) is 10.6 Å². The second-order valence-corrected chi connectivity index (χ2v) is 10.6. The number of hydrogen-bond acceptors (Lipinski definition) is 7. The maximum atomic E-state index is 14.5. The molecule has 1 aliphatic rings. The number of ether oxygens (including phenoxy) is 2. The summed E-state index contributed by atoms with van der Waals surface area (Å²) < 4.78 is 39.4. The minimum absolute atomic E-state index is 0.0869. The summed E-state index contributed by atoms with van der Waals surface area (Å²) in [5, 5.41) is 0. The molecule has 0 aliphatic carbocycles. The normalized spacial score (nSPS) is 20.4. The molecular formula is C20H26FNO6S. The number of benzene rings is 1. The number of Topliss-reactive ketones (excluding diaryl/α,β-unsaturated/α-hetero) is 1. The molecule has 9 heteroatoms. The molecule has 2 rings (SSSR count). The lowest BCUT2D eigenvalue weighted by molar-refractivity contribution is -0.238. The van der Waals surface area contributed by atoms with Crippen molar-refractivity contribution in [1.82, 2.24) is 4.72 Å². The van der Waals surface area contributed by atoms with Gasteiger partial charge in [0.25, 0.3) is 5.79 Å². The van der Waals surface area contributed by atoms with Gasteiger partial charge >= 0.3 is 11.9 Å². The van der Waals surface area contributed by atoms with E-state index in [0.717, 1.165) is 0 Å². The minimum atomic E-state index is -1.78. The Balaban J connectivity index is 2.38. The molecule has 1 fully saturated rings. The van der Waals surface area contributed by atoms with Gasteiger partial charge in [-0.25, -0.2) is 4.39 Å². The predicted octanol–water partition coefficient (Wildman–Crippen LogP) is 2.50. The molecule has 7 nitrogen and oxygen atoms in total. The summed E-state index contributed by atoms with van der Waals surface area (Å²) in [6.45, 7) is 9.41. The van der Waals surface area contributed by atoms with Crippen LogP contribution in [0.4, 0.5) is 4.39 Å². The Kier molecular flexibility index (Phi) is 6.46. The first kappa shape index (κ1) is 23.3. The summed E-state index contributed by atoms with van der Waals surface area (Å²) in [5.41, 5.74) is -1.36. The van der Waals surface area contributed by atoms with Crippen molar-refractivity contribution in [3.8, 4) is 0 Å². The van der Waals surface area contributed by atoms with E-state index in [1.807, 2.05) is 0 Å². The molecule has 1 saturated heterocycles. The van der Waals surface area contributed by atoms with Crippen LogP contribution >= 0.6 is 0 Å². The Labute approximate surface area is 172 Å². The Morgan fingerprint density at radius 3 is 2.17 bits per heavy atom. The van der Waals surface area contributed by atoms with Crippen LogP contribution in [0.25, 0.3) is 0 Å². The third-order valence-electron chi connectivity index (χ3n) is 4.36. The van der Waals surface area contributed by atoms with Crippen LogP contribution in [-0.2, 0) is 40.8 Å². The monoisotopic (exact) mass is 427 g/mol. The zero-order valence-corrected chi connectivity index (χ0v) is 18.1. The van der Waals surface area contributed by atoms with Crippen LogP contribution in [0.5, 0.6) is 0 Å². The first-order chi connectivity index (χ1) is 13.2. The average Bonchev–Trinajstić information content (AvgIpc) is 2.51. The topological polar surface area (TPSA) is 105 Å². The van der Waals surface area contributed by atoms with E-state index in [2.05, 4.69) is 4.72 Å². The fourth-order valence-corrected chi connectivity index (χ4v) is 3.78. The average molecular weight is 427 g/mol. The van der Waals surface area contributed by atoms with Gasteiger partial charge in [-0.3, -0.25) is 14.4 Å². The molecule has 0 radical (unpaired) electrons. The number of cyclic esters (lactones) is 2. The quantitative estimate of drug-likeness (QED) is 0.422. The number of nitrogens with one attached hydrogen (secondary N) is 1. The SMILES string of the molecule is CC1(C)OC(=O)C(C(=O)CC(C)(N[S@+]([O-])C(C)(C)C)c2ccccc2F)C(=O)O1. The van der Waals surface area contributed by atoms with Crippen LogP contribution in [0.3, 0.4) is 0 Å². The van der Waals surface area contributed by atoms with Crippen molar-refractivity contribution in [2.75, 3.05) is 0 Å². The van der Waals surface area contributed by atoms with Crippen molar-refractivity contribution in [2.24, 2.45) is 5.92 Å². The van der Waals surface area contributed by atoms with Gasteiger partial charge in [-0.2, -0.15) is 0 Å². The summed E-state index contributed by atoms with van der Waals surface area (Å²) in [5.74, 6) is -6.73. The standard InChI is InChI=1S/C20H26FNO6S/c1-18(2,3)29(26)22-20(6,12-9-7-8-10-13(12)21)11-14(23)15-16(24)27-19(4,5)28-17(15)25/h7-10,15,22H,11H2,1-6H3/t20?,29-/m1/s1. The highest BCUT2D eigenvalue weighted by molar-refractivity contribution is 7.90. The molecule has 1 N–H and O–H groups in total. The summed E-state index contributed by atoms with van der Waals surface area (Å²) in [6.07, 6.45) is -0.481. The van der Waals surface area contributed by atoms with E-state index in [1.54, 1.807) is 26.8 Å². The molecule has 1 aromatic rings. The van der Waals surface area contributed by atoms with Crippen molar-refractivity contribution in [3.63, 3.8) is 0 Å². The van der Waals surface area contributed by atoms with Crippen molar-refractivity contribution >= 4 is 29.1 Å². The summed E-state index contributed by atoms with van der Waals surface area (Å²) >= 11 is -1.67. The molecule has 2 atom stereocenters. The Bertz CT molecular complexity index is 801. The van der Waals surface area contributed by atoms with Crippen LogP contribution in [0.1, 0.15) is 53.5 Å². The molecule has 1 aromatic carbocycles. The predicted molar refractivity (Wildman–Crippen MR) is 104 cm³/mol. The molecule has 0 spiro atoms.